The van der Waals surface area contributed by atoms with E-state index < -0.39 is 0 Å². The molecule has 0 bridgehead atoms. The van der Waals surface area contributed by atoms with Gasteiger partial charge in [-0.2, -0.15) is 0 Å². The molecule has 44 heavy (non-hydrogen) atoms. The average Bonchev–Trinajstić information content (AvgIpc) is 3.72. The van der Waals surface area contributed by atoms with Crippen molar-refractivity contribution in [3.05, 3.63) is 146 Å². The van der Waals surface area contributed by atoms with Gasteiger partial charge in [-0.05, 0) is 78.5 Å². The molecule has 0 aliphatic rings. The minimum absolute atomic E-state index is 0.834. The van der Waals surface area contributed by atoms with E-state index in [0.29, 0.717) is 0 Å². The highest BCUT2D eigenvalue weighted by Crippen LogP contribution is 2.48. The summed E-state index contributed by atoms with van der Waals surface area (Å²) in [6.45, 7) is 0. The van der Waals surface area contributed by atoms with E-state index in [1.165, 1.54) is 59.8 Å². The number of benzene rings is 8. The zero-order valence-electron chi connectivity index (χ0n) is 23.7. The molecule has 10 rings (SSSR count). The molecule has 2 aromatic heterocycles. The normalized spacial score (nSPS) is 12.1. The summed E-state index contributed by atoms with van der Waals surface area (Å²) < 4.78 is 12.5. The highest BCUT2D eigenvalue weighted by Gasteiger charge is 2.22. The lowest BCUT2D eigenvalue weighted by molar-refractivity contribution is 0.615. The molecule has 2 heteroatoms. The highest BCUT2D eigenvalue weighted by atomic mass is 16.3. The molecule has 2 heterocycles. The van der Waals surface area contributed by atoms with Crippen LogP contribution in [0.15, 0.2) is 155 Å². The lowest BCUT2D eigenvalue weighted by Gasteiger charge is -2.19. The summed E-state index contributed by atoms with van der Waals surface area (Å²) in [6, 6.07) is 50.3. The molecular formula is C42H24O2. The molecule has 0 saturated carbocycles. The molecule has 0 unspecified atom stereocenters. The molecule has 0 amide bonds. The minimum Gasteiger partial charge on any atom is -0.464 e. The van der Waals surface area contributed by atoms with Gasteiger partial charge in [0.05, 0.1) is 11.6 Å². The number of fused-ring (bicyclic) bond motifs is 10. The maximum atomic E-state index is 6.77. The van der Waals surface area contributed by atoms with Gasteiger partial charge in [0, 0.05) is 21.9 Å². The van der Waals surface area contributed by atoms with Gasteiger partial charge in [0.15, 0.2) is 0 Å². The van der Waals surface area contributed by atoms with E-state index in [4.69, 9.17) is 8.83 Å². The number of para-hydroxylation sites is 1. The molecule has 10 aromatic rings. The van der Waals surface area contributed by atoms with Crippen LogP contribution in [0.5, 0.6) is 0 Å². The zero-order valence-corrected chi connectivity index (χ0v) is 23.7. The number of hydrogen-bond acceptors (Lipinski definition) is 2. The van der Waals surface area contributed by atoms with Crippen LogP contribution < -0.4 is 0 Å². The van der Waals surface area contributed by atoms with Crippen LogP contribution in [0.2, 0.25) is 0 Å². The first kappa shape index (κ1) is 23.7. The summed E-state index contributed by atoms with van der Waals surface area (Å²) in [7, 11) is 0. The van der Waals surface area contributed by atoms with Gasteiger partial charge in [-0.15, -0.1) is 0 Å². The van der Waals surface area contributed by atoms with Gasteiger partial charge in [-0.25, -0.2) is 0 Å². The van der Waals surface area contributed by atoms with E-state index in [1.54, 1.807) is 6.26 Å². The molecule has 204 valence electrons. The van der Waals surface area contributed by atoms with Crippen molar-refractivity contribution in [3.63, 3.8) is 0 Å². The quantitative estimate of drug-likeness (QED) is 0.155. The van der Waals surface area contributed by atoms with E-state index in [1.807, 2.05) is 12.1 Å². The Labute approximate surface area is 252 Å². The van der Waals surface area contributed by atoms with Crippen molar-refractivity contribution < 1.29 is 8.83 Å². The van der Waals surface area contributed by atoms with Crippen molar-refractivity contribution in [2.24, 2.45) is 0 Å². The van der Waals surface area contributed by atoms with Crippen LogP contribution >= 0.6 is 0 Å². The van der Waals surface area contributed by atoms with Crippen LogP contribution in [-0.4, -0.2) is 0 Å². The number of hydrogen-bond donors (Lipinski definition) is 0. The lowest BCUT2D eigenvalue weighted by Crippen LogP contribution is -1.92. The molecule has 0 spiro atoms. The summed E-state index contributed by atoms with van der Waals surface area (Å²) in [6.07, 6.45) is 1.73. The Morgan fingerprint density at radius 3 is 1.64 bits per heavy atom. The number of furan rings is 2. The summed E-state index contributed by atoms with van der Waals surface area (Å²) in [4.78, 5) is 0. The maximum absolute atomic E-state index is 6.77. The van der Waals surface area contributed by atoms with Crippen molar-refractivity contribution in [1.82, 2.24) is 0 Å². The predicted molar refractivity (Wildman–Crippen MR) is 184 cm³/mol. The fourth-order valence-corrected chi connectivity index (χ4v) is 7.47. The van der Waals surface area contributed by atoms with Gasteiger partial charge in [-0.3, -0.25) is 0 Å². The molecule has 2 nitrogen and oxygen atoms in total. The van der Waals surface area contributed by atoms with Gasteiger partial charge in [0.25, 0.3) is 0 Å². The Balaban J connectivity index is 1.38. The molecule has 0 fully saturated rings. The van der Waals surface area contributed by atoms with Gasteiger partial charge in [-0.1, -0.05) is 115 Å². The first-order valence-corrected chi connectivity index (χ1v) is 15.0. The van der Waals surface area contributed by atoms with Gasteiger partial charge in [0.1, 0.15) is 16.7 Å². The van der Waals surface area contributed by atoms with Crippen molar-refractivity contribution in [2.75, 3.05) is 0 Å². The third kappa shape index (κ3) is 3.14. The monoisotopic (exact) mass is 560 g/mol. The van der Waals surface area contributed by atoms with Crippen molar-refractivity contribution >= 4 is 76.0 Å². The molecule has 8 aromatic carbocycles. The van der Waals surface area contributed by atoms with Crippen molar-refractivity contribution in [2.45, 2.75) is 0 Å². The van der Waals surface area contributed by atoms with Crippen molar-refractivity contribution in [3.8, 4) is 22.3 Å². The Morgan fingerprint density at radius 2 is 0.909 bits per heavy atom. The summed E-state index contributed by atoms with van der Waals surface area (Å²) in [5.41, 5.74) is 7.40. The Bertz CT molecular complexity index is 2720. The maximum Gasteiger partial charge on any atom is 0.146 e. The summed E-state index contributed by atoms with van der Waals surface area (Å²) in [5, 5.41) is 13.1. The molecule has 0 atom stereocenters. The predicted octanol–water partition coefficient (Wildman–Crippen LogP) is 12.3. The van der Waals surface area contributed by atoms with E-state index >= 15 is 0 Å². The smallest absolute Gasteiger partial charge is 0.146 e. The standard InChI is InChI=1S/C42H24O2/c1-2-11-26-25(10-1)24-37(28-13-4-3-12-27(26)28)40-31-16-7-5-14-29(31)39(30-15-6-8-17-32(30)40)36-19-9-18-33-34-20-21-38-35(22-23-43-38)41(34)44-42(33)36/h1-24H. The average molecular weight is 561 g/mol. The molecule has 0 aliphatic carbocycles. The third-order valence-electron chi connectivity index (χ3n) is 9.33. The fraction of sp³-hybridized carbons (Fsp3) is 0. The molecule has 0 saturated heterocycles. The molecular weight excluding hydrogens is 536 g/mol. The van der Waals surface area contributed by atoms with Crippen LogP contribution in [0.25, 0.3) is 98.3 Å². The largest absolute Gasteiger partial charge is 0.464 e. The minimum atomic E-state index is 0.834. The first-order chi connectivity index (χ1) is 21.8. The number of rotatable bonds is 2. The SMILES string of the molecule is c1ccc2c(c1)cc(-c1c3ccccc3c(-c3cccc4c3oc3c5ccoc5ccc43)c3ccccc13)c1ccccc12. The summed E-state index contributed by atoms with van der Waals surface area (Å²) in [5.74, 6) is 0. The second kappa shape index (κ2) is 8.82. The van der Waals surface area contributed by atoms with Gasteiger partial charge >= 0.3 is 0 Å². The highest BCUT2D eigenvalue weighted by molar-refractivity contribution is 6.27. The first-order valence-electron chi connectivity index (χ1n) is 15.0. The topological polar surface area (TPSA) is 26.3 Å². The van der Waals surface area contributed by atoms with Crippen LogP contribution in [0.3, 0.4) is 0 Å². The molecule has 0 N–H and O–H groups in total. The van der Waals surface area contributed by atoms with E-state index in [9.17, 15) is 0 Å². The lowest BCUT2D eigenvalue weighted by atomic mass is 9.83. The zero-order chi connectivity index (χ0) is 28.8. The Kier molecular flexibility index (Phi) is 4.75. The summed E-state index contributed by atoms with van der Waals surface area (Å²) >= 11 is 0. The third-order valence-corrected chi connectivity index (χ3v) is 9.33. The second-order valence-electron chi connectivity index (χ2n) is 11.6. The van der Waals surface area contributed by atoms with E-state index in [2.05, 4.69) is 127 Å². The van der Waals surface area contributed by atoms with Crippen LogP contribution in [0, 0.1) is 0 Å². The Morgan fingerprint density at radius 1 is 0.341 bits per heavy atom. The van der Waals surface area contributed by atoms with Crippen LogP contribution in [0.1, 0.15) is 0 Å². The van der Waals surface area contributed by atoms with E-state index in [-0.39, 0.29) is 0 Å². The van der Waals surface area contributed by atoms with Crippen molar-refractivity contribution in [1.29, 1.82) is 0 Å². The molecule has 0 aliphatic heterocycles. The van der Waals surface area contributed by atoms with Crippen LogP contribution in [-0.2, 0) is 0 Å². The second-order valence-corrected chi connectivity index (χ2v) is 11.6. The van der Waals surface area contributed by atoms with Gasteiger partial charge in [0.2, 0.25) is 0 Å². The Hall–Kier alpha value is -5.86. The van der Waals surface area contributed by atoms with E-state index in [0.717, 1.165) is 38.5 Å². The fourth-order valence-electron chi connectivity index (χ4n) is 7.47. The van der Waals surface area contributed by atoms with Gasteiger partial charge < -0.3 is 8.83 Å². The van der Waals surface area contributed by atoms with Crippen LogP contribution in [0.4, 0.5) is 0 Å². The molecule has 0 radical (unpaired) electrons.